The van der Waals surface area contributed by atoms with E-state index in [1.807, 2.05) is 11.3 Å². The minimum atomic E-state index is 0.333. The molecule has 0 bridgehead atoms. The molecule has 0 radical (unpaired) electrons. The second kappa shape index (κ2) is 5.30. The molecule has 0 spiro atoms. The lowest BCUT2D eigenvalue weighted by Crippen LogP contribution is -2.40. The molecule has 1 aliphatic rings. The Kier molecular flexibility index (Phi) is 4.00. The van der Waals surface area contributed by atoms with Crippen molar-refractivity contribution < 1.29 is 5.11 Å². The zero-order chi connectivity index (χ0) is 11.4. The Morgan fingerprint density at radius 3 is 2.75 bits per heavy atom. The lowest BCUT2D eigenvalue weighted by molar-refractivity contribution is 0.0860. The van der Waals surface area contributed by atoms with Gasteiger partial charge in [-0.05, 0) is 43.7 Å². The topological polar surface area (TPSA) is 32.3 Å². The summed E-state index contributed by atoms with van der Waals surface area (Å²) in [6.45, 7) is 4.52. The van der Waals surface area contributed by atoms with Crippen molar-refractivity contribution in [3.8, 4) is 0 Å². The number of aliphatic hydroxyl groups is 1. The van der Waals surface area contributed by atoms with Crippen molar-refractivity contribution >= 4 is 11.3 Å². The Morgan fingerprint density at radius 2 is 2.25 bits per heavy atom. The molecule has 1 aliphatic carbocycles. The van der Waals surface area contributed by atoms with Crippen molar-refractivity contribution in [1.29, 1.82) is 0 Å². The largest absolute Gasteiger partial charge is 0.396 e. The number of rotatable bonds is 6. The molecule has 2 nitrogen and oxygen atoms in total. The van der Waals surface area contributed by atoms with Crippen molar-refractivity contribution in [2.45, 2.75) is 39.2 Å². The second-order valence-electron chi connectivity index (χ2n) is 4.94. The molecule has 0 amide bonds. The number of nitrogens with one attached hydrogen (secondary N) is 1. The Balaban J connectivity index is 1.74. The van der Waals surface area contributed by atoms with E-state index in [4.69, 9.17) is 5.11 Å². The van der Waals surface area contributed by atoms with Crippen molar-refractivity contribution in [2.24, 2.45) is 5.41 Å². The zero-order valence-corrected chi connectivity index (χ0v) is 10.8. The van der Waals surface area contributed by atoms with Gasteiger partial charge in [-0.2, -0.15) is 0 Å². The summed E-state index contributed by atoms with van der Waals surface area (Å²) >= 11 is 1.87. The van der Waals surface area contributed by atoms with Gasteiger partial charge in [0, 0.05) is 29.5 Å². The maximum absolute atomic E-state index is 9.06. The van der Waals surface area contributed by atoms with Crippen LogP contribution in [0, 0.1) is 12.3 Å². The molecule has 2 N–H and O–H groups in total. The summed E-state index contributed by atoms with van der Waals surface area (Å²) < 4.78 is 0. The molecule has 0 unspecified atom stereocenters. The van der Waals surface area contributed by atoms with Crippen LogP contribution in [-0.4, -0.2) is 18.3 Å². The monoisotopic (exact) mass is 239 g/mol. The van der Waals surface area contributed by atoms with Crippen LogP contribution in [0.1, 0.15) is 35.4 Å². The van der Waals surface area contributed by atoms with E-state index >= 15 is 0 Å². The van der Waals surface area contributed by atoms with Gasteiger partial charge in [-0.25, -0.2) is 0 Å². The van der Waals surface area contributed by atoms with Crippen LogP contribution in [-0.2, 0) is 6.54 Å². The fourth-order valence-electron chi connectivity index (χ4n) is 2.46. The summed E-state index contributed by atoms with van der Waals surface area (Å²) in [6.07, 6.45) is 4.86. The number of aliphatic hydroxyl groups excluding tert-OH is 1. The Hall–Kier alpha value is -0.380. The van der Waals surface area contributed by atoms with Crippen molar-refractivity contribution in [2.75, 3.05) is 13.2 Å². The van der Waals surface area contributed by atoms with Crippen molar-refractivity contribution in [3.63, 3.8) is 0 Å². The average Bonchev–Trinajstić information content (AvgIpc) is 2.60. The lowest BCUT2D eigenvalue weighted by Gasteiger charge is -2.42. The molecule has 1 fully saturated rings. The third-order valence-electron chi connectivity index (χ3n) is 3.65. The third kappa shape index (κ3) is 2.84. The standard InChI is InChI=1S/C13H21NOS/c1-11-3-4-12(16-11)9-14-10-13(7-8-15)5-2-6-13/h3-4,14-15H,2,5-10H2,1H3. The first kappa shape index (κ1) is 12.1. The van der Waals surface area contributed by atoms with Gasteiger partial charge in [0.15, 0.2) is 0 Å². The summed E-state index contributed by atoms with van der Waals surface area (Å²) in [4.78, 5) is 2.79. The van der Waals surface area contributed by atoms with Crippen LogP contribution in [0.5, 0.6) is 0 Å². The third-order valence-corrected chi connectivity index (χ3v) is 4.65. The Labute approximate surface area is 102 Å². The first-order valence-electron chi connectivity index (χ1n) is 6.11. The average molecular weight is 239 g/mol. The van der Waals surface area contributed by atoms with Gasteiger partial charge in [0.1, 0.15) is 0 Å². The van der Waals surface area contributed by atoms with Gasteiger partial charge in [-0.15, -0.1) is 11.3 Å². The predicted octanol–water partition coefficient (Wildman–Crippen LogP) is 2.70. The van der Waals surface area contributed by atoms with E-state index in [0.29, 0.717) is 12.0 Å². The molecule has 90 valence electrons. The van der Waals surface area contributed by atoms with Crippen LogP contribution >= 0.6 is 11.3 Å². The zero-order valence-electron chi connectivity index (χ0n) is 9.96. The van der Waals surface area contributed by atoms with E-state index in [2.05, 4.69) is 24.4 Å². The fraction of sp³-hybridized carbons (Fsp3) is 0.692. The van der Waals surface area contributed by atoms with Gasteiger partial charge in [0.2, 0.25) is 0 Å². The molecular weight excluding hydrogens is 218 g/mol. The van der Waals surface area contributed by atoms with Crippen molar-refractivity contribution in [3.05, 3.63) is 21.9 Å². The SMILES string of the molecule is Cc1ccc(CNCC2(CCO)CCC2)s1. The lowest BCUT2D eigenvalue weighted by atomic mass is 9.67. The highest BCUT2D eigenvalue weighted by molar-refractivity contribution is 7.11. The molecule has 16 heavy (non-hydrogen) atoms. The van der Waals surface area contributed by atoms with Gasteiger partial charge in [-0.1, -0.05) is 6.42 Å². The second-order valence-corrected chi connectivity index (χ2v) is 6.32. The summed E-state index contributed by atoms with van der Waals surface area (Å²) in [5.74, 6) is 0. The van der Waals surface area contributed by atoms with Gasteiger partial charge >= 0.3 is 0 Å². The summed E-state index contributed by atoms with van der Waals surface area (Å²) in [5.41, 5.74) is 0.404. The highest BCUT2D eigenvalue weighted by Crippen LogP contribution is 2.43. The number of hydrogen-bond donors (Lipinski definition) is 2. The van der Waals surface area contributed by atoms with Gasteiger partial charge in [-0.3, -0.25) is 0 Å². The Morgan fingerprint density at radius 1 is 1.44 bits per heavy atom. The molecule has 0 aromatic carbocycles. The van der Waals surface area contributed by atoms with E-state index in [1.165, 1.54) is 29.0 Å². The van der Waals surface area contributed by atoms with E-state index in [9.17, 15) is 0 Å². The van der Waals surface area contributed by atoms with Gasteiger partial charge in [0.05, 0.1) is 0 Å². The first-order chi connectivity index (χ1) is 7.74. The quantitative estimate of drug-likeness (QED) is 0.800. The normalized spacial score (nSPS) is 18.4. The van der Waals surface area contributed by atoms with Crippen LogP contribution in [0.25, 0.3) is 0 Å². The Bertz CT molecular complexity index is 330. The predicted molar refractivity (Wildman–Crippen MR) is 68.7 cm³/mol. The number of aryl methyl sites for hydroxylation is 1. The highest BCUT2D eigenvalue weighted by atomic mass is 32.1. The molecule has 1 saturated carbocycles. The maximum Gasteiger partial charge on any atom is 0.0436 e. The van der Waals surface area contributed by atoms with Crippen LogP contribution in [0.4, 0.5) is 0 Å². The maximum atomic E-state index is 9.06. The van der Waals surface area contributed by atoms with Gasteiger partial charge < -0.3 is 10.4 Å². The van der Waals surface area contributed by atoms with Crippen LogP contribution in [0.2, 0.25) is 0 Å². The molecule has 0 saturated heterocycles. The van der Waals surface area contributed by atoms with Gasteiger partial charge in [0.25, 0.3) is 0 Å². The first-order valence-corrected chi connectivity index (χ1v) is 6.93. The summed E-state index contributed by atoms with van der Waals surface area (Å²) in [7, 11) is 0. The highest BCUT2D eigenvalue weighted by Gasteiger charge is 2.35. The fourth-order valence-corrected chi connectivity index (χ4v) is 3.32. The van der Waals surface area contributed by atoms with E-state index < -0.39 is 0 Å². The minimum absolute atomic E-state index is 0.333. The minimum Gasteiger partial charge on any atom is -0.396 e. The molecule has 1 aromatic rings. The smallest absolute Gasteiger partial charge is 0.0436 e. The molecular formula is C13H21NOS. The molecule has 3 heteroatoms. The molecule has 0 atom stereocenters. The summed E-state index contributed by atoms with van der Waals surface area (Å²) in [6, 6.07) is 4.38. The van der Waals surface area contributed by atoms with Crippen LogP contribution in [0.3, 0.4) is 0 Å². The van der Waals surface area contributed by atoms with E-state index in [0.717, 1.165) is 19.5 Å². The molecule has 0 aliphatic heterocycles. The summed E-state index contributed by atoms with van der Waals surface area (Å²) in [5, 5.41) is 12.6. The molecule has 1 heterocycles. The van der Waals surface area contributed by atoms with Crippen molar-refractivity contribution in [1.82, 2.24) is 5.32 Å². The van der Waals surface area contributed by atoms with Crippen LogP contribution < -0.4 is 5.32 Å². The van der Waals surface area contributed by atoms with E-state index in [1.54, 1.807) is 0 Å². The van der Waals surface area contributed by atoms with E-state index in [-0.39, 0.29) is 0 Å². The number of hydrogen-bond acceptors (Lipinski definition) is 3. The molecule has 1 aromatic heterocycles. The number of thiophene rings is 1. The van der Waals surface area contributed by atoms with Crippen LogP contribution in [0.15, 0.2) is 12.1 Å². The molecule has 2 rings (SSSR count).